The molecule has 1 aliphatic heterocycles. The van der Waals surface area contributed by atoms with E-state index in [-0.39, 0.29) is 12.1 Å². The molecular weight excluding hydrogens is 250 g/mol. The largest absolute Gasteiger partial charge is 0.376 e. The van der Waals surface area contributed by atoms with Crippen molar-refractivity contribution < 1.29 is 4.74 Å². The number of aromatic nitrogens is 2. The van der Waals surface area contributed by atoms with E-state index in [1.807, 2.05) is 6.07 Å². The van der Waals surface area contributed by atoms with E-state index in [2.05, 4.69) is 36.6 Å². The number of ether oxygens (including phenoxy) is 1. The van der Waals surface area contributed by atoms with Gasteiger partial charge in [-0.25, -0.2) is 4.98 Å². The van der Waals surface area contributed by atoms with Crippen LogP contribution in [0, 0.1) is 5.92 Å². The average Bonchev–Trinajstić information content (AvgIpc) is 3.01. The fraction of sp³-hybridized carbons (Fsp3) is 0.562. The normalized spacial score (nSPS) is 24.4. The number of benzene rings is 1. The van der Waals surface area contributed by atoms with Crippen LogP contribution >= 0.6 is 0 Å². The lowest BCUT2D eigenvalue weighted by Gasteiger charge is -2.22. The summed E-state index contributed by atoms with van der Waals surface area (Å²) in [4.78, 5) is 4.75. The molecular formula is C16H23N3O. The number of rotatable bonds is 4. The van der Waals surface area contributed by atoms with Crippen molar-refractivity contribution in [1.82, 2.24) is 9.55 Å². The minimum absolute atomic E-state index is 0.0228. The Morgan fingerprint density at radius 1 is 1.45 bits per heavy atom. The first kappa shape index (κ1) is 13.6. The number of aryl methyl sites for hydroxylation is 1. The molecule has 0 bridgehead atoms. The van der Waals surface area contributed by atoms with Crippen LogP contribution in [-0.2, 0) is 17.7 Å². The number of fused-ring (bicyclic) bond motifs is 1. The highest BCUT2D eigenvalue weighted by atomic mass is 16.5. The molecule has 0 saturated carbocycles. The first-order valence-corrected chi connectivity index (χ1v) is 7.52. The van der Waals surface area contributed by atoms with E-state index >= 15 is 0 Å². The summed E-state index contributed by atoms with van der Waals surface area (Å²) in [5, 5.41) is 0. The monoisotopic (exact) mass is 273 g/mol. The van der Waals surface area contributed by atoms with Gasteiger partial charge in [0.15, 0.2) is 0 Å². The Morgan fingerprint density at radius 3 is 2.95 bits per heavy atom. The highest BCUT2D eigenvalue weighted by Crippen LogP contribution is 2.24. The minimum Gasteiger partial charge on any atom is -0.376 e. The van der Waals surface area contributed by atoms with Gasteiger partial charge in [0.2, 0.25) is 0 Å². The minimum atomic E-state index is 0.0228. The lowest BCUT2D eigenvalue weighted by Crippen LogP contribution is -2.40. The number of nitrogens with zero attached hydrogens (tertiary/aromatic N) is 2. The van der Waals surface area contributed by atoms with Crippen LogP contribution in [0.4, 0.5) is 0 Å². The first-order chi connectivity index (χ1) is 9.70. The zero-order valence-corrected chi connectivity index (χ0v) is 12.2. The third kappa shape index (κ3) is 2.34. The number of imidazole rings is 1. The molecule has 4 nitrogen and oxygen atoms in total. The summed E-state index contributed by atoms with van der Waals surface area (Å²) in [6, 6.07) is 8.29. The van der Waals surface area contributed by atoms with Gasteiger partial charge >= 0.3 is 0 Å². The van der Waals surface area contributed by atoms with Crippen LogP contribution in [0.2, 0.25) is 0 Å². The predicted octanol–water partition coefficient (Wildman–Crippen LogP) is 2.35. The summed E-state index contributed by atoms with van der Waals surface area (Å²) in [6.45, 7) is 6.13. The summed E-state index contributed by atoms with van der Waals surface area (Å²) in [7, 11) is 0. The van der Waals surface area contributed by atoms with Crippen molar-refractivity contribution in [2.75, 3.05) is 6.61 Å². The molecule has 1 aromatic carbocycles. The Balaban J connectivity index is 1.86. The molecule has 2 aromatic rings. The Morgan fingerprint density at radius 2 is 2.25 bits per heavy atom. The van der Waals surface area contributed by atoms with Gasteiger partial charge in [-0.2, -0.15) is 0 Å². The second-order valence-corrected chi connectivity index (χ2v) is 5.73. The van der Waals surface area contributed by atoms with E-state index in [1.54, 1.807) is 0 Å². The second kappa shape index (κ2) is 5.54. The molecule has 2 N–H and O–H groups in total. The van der Waals surface area contributed by atoms with Crippen molar-refractivity contribution in [3.63, 3.8) is 0 Å². The quantitative estimate of drug-likeness (QED) is 0.930. The number of nitrogens with two attached hydrogens (primary N) is 1. The smallest absolute Gasteiger partial charge is 0.111 e. The van der Waals surface area contributed by atoms with E-state index in [9.17, 15) is 0 Å². The van der Waals surface area contributed by atoms with E-state index in [0.717, 1.165) is 37.3 Å². The van der Waals surface area contributed by atoms with Gasteiger partial charge in [-0.3, -0.25) is 0 Å². The van der Waals surface area contributed by atoms with Crippen LogP contribution < -0.4 is 5.73 Å². The van der Waals surface area contributed by atoms with Gasteiger partial charge in [-0.15, -0.1) is 0 Å². The Bertz CT molecular complexity index is 592. The molecule has 1 aliphatic rings. The molecule has 4 heteroatoms. The lowest BCUT2D eigenvalue weighted by molar-refractivity contribution is 0.0719. The molecule has 0 aliphatic carbocycles. The molecule has 1 saturated heterocycles. The first-order valence-electron chi connectivity index (χ1n) is 7.52. The molecule has 2 heterocycles. The van der Waals surface area contributed by atoms with Crippen LogP contribution in [0.15, 0.2) is 24.3 Å². The maximum atomic E-state index is 6.37. The van der Waals surface area contributed by atoms with Crippen molar-refractivity contribution >= 4 is 11.0 Å². The van der Waals surface area contributed by atoms with Gasteiger partial charge in [0.1, 0.15) is 5.82 Å². The highest BCUT2D eigenvalue weighted by molar-refractivity contribution is 5.75. The second-order valence-electron chi connectivity index (χ2n) is 5.73. The van der Waals surface area contributed by atoms with E-state index < -0.39 is 0 Å². The number of para-hydroxylation sites is 2. The highest BCUT2D eigenvalue weighted by Gasteiger charge is 2.30. The summed E-state index contributed by atoms with van der Waals surface area (Å²) in [5.41, 5.74) is 8.61. The van der Waals surface area contributed by atoms with Gasteiger partial charge in [-0.1, -0.05) is 19.1 Å². The molecule has 20 heavy (non-hydrogen) atoms. The summed E-state index contributed by atoms with van der Waals surface area (Å²) in [5.74, 6) is 1.62. The van der Waals surface area contributed by atoms with Crippen molar-refractivity contribution in [3.8, 4) is 0 Å². The molecule has 1 fully saturated rings. The lowest BCUT2D eigenvalue weighted by atomic mass is 9.96. The molecule has 3 unspecified atom stereocenters. The molecule has 3 rings (SSSR count). The fourth-order valence-electron chi connectivity index (χ4n) is 3.23. The third-order valence-electron chi connectivity index (χ3n) is 4.33. The van der Waals surface area contributed by atoms with E-state index in [0.29, 0.717) is 5.92 Å². The van der Waals surface area contributed by atoms with Crippen LogP contribution in [0.3, 0.4) is 0 Å². The Kier molecular flexibility index (Phi) is 3.76. The van der Waals surface area contributed by atoms with E-state index in [1.165, 1.54) is 5.52 Å². The molecule has 0 amide bonds. The molecule has 108 valence electrons. The molecule has 0 spiro atoms. The molecule has 3 atom stereocenters. The maximum absolute atomic E-state index is 6.37. The van der Waals surface area contributed by atoms with Gasteiger partial charge in [0.05, 0.1) is 17.1 Å². The number of hydrogen-bond donors (Lipinski definition) is 1. The maximum Gasteiger partial charge on any atom is 0.111 e. The Labute approximate surface area is 119 Å². The van der Waals surface area contributed by atoms with Crippen molar-refractivity contribution in [2.45, 2.75) is 45.4 Å². The van der Waals surface area contributed by atoms with E-state index in [4.69, 9.17) is 15.5 Å². The van der Waals surface area contributed by atoms with Crippen molar-refractivity contribution in [1.29, 1.82) is 0 Å². The zero-order valence-electron chi connectivity index (χ0n) is 12.2. The fourth-order valence-corrected chi connectivity index (χ4v) is 3.23. The molecule has 1 aromatic heterocycles. The van der Waals surface area contributed by atoms with Gasteiger partial charge in [-0.05, 0) is 31.4 Å². The van der Waals surface area contributed by atoms with Gasteiger partial charge in [0, 0.05) is 25.6 Å². The van der Waals surface area contributed by atoms with Crippen LogP contribution in [0.5, 0.6) is 0 Å². The predicted molar refractivity (Wildman–Crippen MR) is 80.6 cm³/mol. The van der Waals surface area contributed by atoms with Crippen LogP contribution in [0.25, 0.3) is 11.0 Å². The standard InChI is InChI=1S/C16H23N3O/c1-3-19-14-7-5-4-6-13(14)18-15(19)10-12(17)16-11(2)8-9-20-16/h4-7,11-12,16H,3,8-10,17H2,1-2H3. The SMILES string of the molecule is CCn1c(CC(N)C2OCCC2C)nc2ccccc21. The summed E-state index contributed by atoms with van der Waals surface area (Å²) >= 11 is 0. The van der Waals surface area contributed by atoms with Gasteiger partial charge in [0.25, 0.3) is 0 Å². The van der Waals surface area contributed by atoms with Crippen LogP contribution in [-0.4, -0.2) is 28.3 Å². The van der Waals surface area contributed by atoms with Crippen molar-refractivity contribution in [2.24, 2.45) is 11.7 Å². The number of hydrogen-bond acceptors (Lipinski definition) is 3. The topological polar surface area (TPSA) is 53.1 Å². The van der Waals surface area contributed by atoms with Crippen LogP contribution in [0.1, 0.15) is 26.1 Å². The average molecular weight is 273 g/mol. The zero-order chi connectivity index (χ0) is 14.1. The van der Waals surface area contributed by atoms with Crippen molar-refractivity contribution in [3.05, 3.63) is 30.1 Å². The molecule has 0 radical (unpaired) electrons. The summed E-state index contributed by atoms with van der Waals surface area (Å²) < 4.78 is 8.04. The van der Waals surface area contributed by atoms with Gasteiger partial charge < -0.3 is 15.0 Å². The Hall–Kier alpha value is -1.39. The summed E-state index contributed by atoms with van der Waals surface area (Å²) in [6.07, 6.45) is 2.06. The third-order valence-corrected chi connectivity index (χ3v) is 4.33.